The third-order valence-electron chi connectivity index (χ3n) is 2.57. The fourth-order valence-electron chi connectivity index (χ4n) is 1.49. The molecule has 18 heavy (non-hydrogen) atoms. The first-order valence-electron chi connectivity index (χ1n) is 5.95. The Labute approximate surface area is 108 Å². The van der Waals surface area contributed by atoms with Crippen molar-refractivity contribution in [3.63, 3.8) is 0 Å². The van der Waals surface area contributed by atoms with Gasteiger partial charge in [0.15, 0.2) is 6.29 Å². The van der Waals surface area contributed by atoms with Crippen LogP contribution in [0.4, 0.5) is 0 Å². The molecule has 0 unspecified atom stereocenters. The number of hydrogen-bond donors (Lipinski definition) is 1. The Bertz CT molecular complexity index is 359. The van der Waals surface area contributed by atoms with Crippen LogP contribution in [-0.2, 0) is 14.3 Å². The number of ether oxygens (including phenoxy) is 2. The van der Waals surface area contributed by atoms with Crippen molar-refractivity contribution in [1.82, 2.24) is 0 Å². The van der Waals surface area contributed by atoms with Gasteiger partial charge in [-0.15, -0.1) is 0 Å². The molecule has 1 rings (SSSR count). The molecule has 4 heteroatoms. The summed E-state index contributed by atoms with van der Waals surface area (Å²) in [5.74, 6) is 0. The van der Waals surface area contributed by atoms with Crippen molar-refractivity contribution >= 4 is 6.29 Å². The van der Waals surface area contributed by atoms with E-state index in [2.05, 4.69) is 20.4 Å². The molecule has 0 spiro atoms. The van der Waals surface area contributed by atoms with Crippen LogP contribution in [0.25, 0.3) is 0 Å². The number of hydrogen-bond acceptors (Lipinski definition) is 4. The van der Waals surface area contributed by atoms with Gasteiger partial charge in [-0.1, -0.05) is 26.5 Å². The van der Waals surface area contributed by atoms with Crippen LogP contribution in [0.1, 0.15) is 20.3 Å². The van der Waals surface area contributed by atoms with E-state index in [1.54, 1.807) is 12.2 Å². The summed E-state index contributed by atoms with van der Waals surface area (Å²) in [5.41, 5.74) is 6.59. The molecule has 0 saturated carbocycles. The highest BCUT2D eigenvalue weighted by Crippen LogP contribution is 2.24. The van der Waals surface area contributed by atoms with E-state index in [9.17, 15) is 4.79 Å². The molecule has 100 valence electrons. The molecule has 4 nitrogen and oxygen atoms in total. The number of nitrogens with two attached hydrogens (primary N) is 1. The predicted octanol–water partition coefficient (Wildman–Crippen LogP) is 1.93. The van der Waals surface area contributed by atoms with Gasteiger partial charge in [0.25, 0.3) is 0 Å². The number of carbonyl (C=O) groups is 1. The highest BCUT2D eigenvalue weighted by Gasteiger charge is 2.27. The lowest BCUT2D eigenvalue weighted by molar-refractivity contribution is -0.219. The van der Waals surface area contributed by atoms with Crippen molar-refractivity contribution in [3.05, 3.63) is 36.1 Å². The average molecular weight is 251 g/mol. The molecular formula is C14H21NO3. The van der Waals surface area contributed by atoms with Gasteiger partial charge in [0.2, 0.25) is 0 Å². The summed E-state index contributed by atoms with van der Waals surface area (Å²) in [6.07, 6.45) is 5.83. The van der Waals surface area contributed by atoms with Crippen LogP contribution in [0.15, 0.2) is 36.1 Å². The smallest absolute Gasteiger partial charge is 0.161 e. The molecule has 1 saturated heterocycles. The van der Waals surface area contributed by atoms with Gasteiger partial charge in [0.05, 0.1) is 13.2 Å². The van der Waals surface area contributed by atoms with Crippen molar-refractivity contribution in [2.75, 3.05) is 13.2 Å². The average Bonchev–Trinajstić information content (AvgIpc) is 2.35. The predicted molar refractivity (Wildman–Crippen MR) is 70.7 cm³/mol. The van der Waals surface area contributed by atoms with Gasteiger partial charge < -0.3 is 15.2 Å². The zero-order chi connectivity index (χ0) is 13.6. The first-order chi connectivity index (χ1) is 8.46. The first-order valence-corrected chi connectivity index (χ1v) is 5.95. The number of carbonyl (C=O) groups excluding carboxylic acids is 1. The summed E-state index contributed by atoms with van der Waals surface area (Å²) in [5, 5.41) is 0. The maximum atomic E-state index is 10.8. The van der Waals surface area contributed by atoms with E-state index in [1.807, 2.05) is 0 Å². The molecule has 1 aliphatic rings. The monoisotopic (exact) mass is 251 g/mol. The summed E-state index contributed by atoms with van der Waals surface area (Å²) in [4.78, 5) is 10.8. The lowest BCUT2D eigenvalue weighted by Gasteiger charge is -2.34. The Balaban J connectivity index is 2.52. The van der Waals surface area contributed by atoms with Crippen LogP contribution in [-0.4, -0.2) is 25.8 Å². The molecule has 0 atom stereocenters. The fraction of sp³-hybridized carbons (Fsp3) is 0.500. The van der Waals surface area contributed by atoms with Crippen LogP contribution in [0.5, 0.6) is 0 Å². The Morgan fingerprint density at radius 1 is 1.44 bits per heavy atom. The quantitative estimate of drug-likeness (QED) is 0.461. The normalized spacial score (nSPS) is 21.7. The molecule has 0 amide bonds. The van der Waals surface area contributed by atoms with Crippen molar-refractivity contribution in [2.24, 2.45) is 11.1 Å². The van der Waals surface area contributed by atoms with E-state index in [-0.39, 0.29) is 11.7 Å². The van der Waals surface area contributed by atoms with Crippen LogP contribution >= 0.6 is 0 Å². The van der Waals surface area contributed by atoms with Crippen LogP contribution in [0, 0.1) is 5.41 Å². The van der Waals surface area contributed by atoms with Crippen LogP contribution in [0.2, 0.25) is 0 Å². The van der Waals surface area contributed by atoms with E-state index >= 15 is 0 Å². The molecular weight excluding hydrogens is 230 g/mol. The Morgan fingerprint density at radius 2 is 2.06 bits per heavy atom. The molecule has 0 aliphatic carbocycles. The van der Waals surface area contributed by atoms with Gasteiger partial charge >= 0.3 is 0 Å². The number of allylic oxidation sites excluding steroid dienone is 3. The van der Waals surface area contributed by atoms with Gasteiger partial charge in [-0.05, 0) is 12.2 Å². The van der Waals surface area contributed by atoms with Crippen molar-refractivity contribution in [2.45, 2.75) is 26.6 Å². The number of rotatable bonds is 5. The topological polar surface area (TPSA) is 61.6 Å². The molecule has 2 N–H and O–H groups in total. The van der Waals surface area contributed by atoms with Gasteiger partial charge in [0.1, 0.15) is 6.29 Å². The Kier molecular flexibility index (Phi) is 5.31. The van der Waals surface area contributed by atoms with Crippen molar-refractivity contribution < 1.29 is 14.3 Å². The third-order valence-corrected chi connectivity index (χ3v) is 2.57. The minimum atomic E-state index is -0.286. The summed E-state index contributed by atoms with van der Waals surface area (Å²) >= 11 is 0. The Morgan fingerprint density at radius 3 is 2.56 bits per heavy atom. The molecule has 0 radical (unpaired) electrons. The van der Waals surface area contributed by atoms with Crippen molar-refractivity contribution in [1.29, 1.82) is 0 Å². The van der Waals surface area contributed by atoms with E-state index in [4.69, 9.17) is 15.2 Å². The standard InChI is InChI=1S/C14H21NO3/c1-4-12(15)7-11(8-16)5-6-13-17-9-14(2,3)10-18-13/h4-5,7-8,13H,1,6,9-10,15H2,2-3H3/b11-5+,12-7+. The van der Waals surface area contributed by atoms with E-state index < -0.39 is 0 Å². The zero-order valence-electron chi connectivity index (χ0n) is 11.0. The third kappa shape index (κ3) is 4.85. The second-order valence-electron chi connectivity index (χ2n) is 5.12. The van der Waals surface area contributed by atoms with Gasteiger partial charge in [-0.2, -0.15) is 0 Å². The van der Waals surface area contributed by atoms with E-state index in [0.717, 1.165) is 6.29 Å². The van der Waals surface area contributed by atoms with Crippen LogP contribution < -0.4 is 5.73 Å². The molecule has 0 aromatic heterocycles. The lowest BCUT2D eigenvalue weighted by Crippen LogP contribution is -2.37. The maximum Gasteiger partial charge on any atom is 0.161 e. The zero-order valence-corrected chi connectivity index (χ0v) is 11.0. The minimum absolute atomic E-state index is 0.0564. The molecule has 1 fully saturated rings. The highest BCUT2D eigenvalue weighted by atomic mass is 16.7. The van der Waals surface area contributed by atoms with Gasteiger partial charge in [-0.25, -0.2) is 0 Å². The number of aldehydes is 1. The maximum absolute atomic E-state index is 10.8. The summed E-state index contributed by atoms with van der Waals surface area (Å²) in [7, 11) is 0. The second-order valence-corrected chi connectivity index (χ2v) is 5.12. The molecule has 1 aliphatic heterocycles. The summed E-state index contributed by atoms with van der Waals surface area (Å²) < 4.78 is 11.1. The minimum Gasteiger partial charge on any atom is -0.399 e. The summed E-state index contributed by atoms with van der Waals surface area (Å²) in [6, 6.07) is 0. The van der Waals surface area contributed by atoms with Gasteiger partial charge in [-0.3, -0.25) is 4.79 Å². The molecule has 1 heterocycles. The van der Waals surface area contributed by atoms with Gasteiger partial charge in [0, 0.05) is 23.1 Å². The fourth-order valence-corrected chi connectivity index (χ4v) is 1.49. The Hall–Kier alpha value is -1.39. The molecule has 0 aromatic carbocycles. The first kappa shape index (κ1) is 14.7. The molecule has 0 bridgehead atoms. The lowest BCUT2D eigenvalue weighted by atomic mass is 9.95. The second kappa shape index (κ2) is 6.52. The largest absolute Gasteiger partial charge is 0.399 e. The summed E-state index contributed by atoms with van der Waals surface area (Å²) in [6.45, 7) is 9.02. The molecule has 0 aromatic rings. The highest BCUT2D eigenvalue weighted by molar-refractivity contribution is 5.77. The van der Waals surface area contributed by atoms with Crippen LogP contribution in [0.3, 0.4) is 0 Å². The van der Waals surface area contributed by atoms with E-state index in [1.165, 1.54) is 6.08 Å². The van der Waals surface area contributed by atoms with Crippen molar-refractivity contribution in [3.8, 4) is 0 Å². The SMILES string of the molecule is C=C/C(N)=C\C(C=O)=C/CC1OCC(C)(C)CO1. The van der Waals surface area contributed by atoms with E-state index in [0.29, 0.717) is 30.9 Å².